The van der Waals surface area contributed by atoms with E-state index in [9.17, 15) is 0 Å². The maximum Gasteiger partial charge on any atom is 0.0303 e. The third-order valence-corrected chi connectivity index (χ3v) is 4.98. The number of nitrogens with one attached hydrogen (secondary N) is 1. The van der Waals surface area contributed by atoms with Gasteiger partial charge in [0.05, 0.1) is 0 Å². The van der Waals surface area contributed by atoms with E-state index in [4.69, 9.17) is 0 Å². The first-order valence-electron chi connectivity index (χ1n) is 7.85. The summed E-state index contributed by atoms with van der Waals surface area (Å²) in [5.74, 6) is 0. The van der Waals surface area contributed by atoms with Crippen LogP contribution >= 0.6 is 11.3 Å². The summed E-state index contributed by atoms with van der Waals surface area (Å²) >= 11 is 1.78. The van der Waals surface area contributed by atoms with Crippen LogP contribution in [0.3, 0.4) is 0 Å². The van der Waals surface area contributed by atoms with Crippen molar-refractivity contribution in [2.75, 3.05) is 13.1 Å². The Bertz CT molecular complexity index is 523. The molecule has 2 unspecified atom stereocenters. The van der Waals surface area contributed by atoms with Gasteiger partial charge in [0.1, 0.15) is 0 Å². The van der Waals surface area contributed by atoms with Gasteiger partial charge in [0.25, 0.3) is 0 Å². The average molecular weight is 300 g/mol. The molecule has 21 heavy (non-hydrogen) atoms. The molecule has 1 aliphatic rings. The zero-order valence-electron chi connectivity index (χ0n) is 12.7. The Hall–Kier alpha value is -1.16. The Balaban J connectivity index is 1.53. The van der Waals surface area contributed by atoms with E-state index in [1.807, 2.05) is 0 Å². The lowest BCUT2D eigenvalue weighted by molar-refractivity contribution is 0.177. The smallest absolute Gasteiger partial charge is 0.0303 e. The molecule has 1 N–H and O–H groups in total. The fourth-order valence-electron chi connectivity index (χ4n) is 3.15. The Kier molecular flexibility index (Phi) is 5.07. The zero-order chi connectivity index (χ0) is 14.5. The summed E-state index contributed by atoms with van der Waals surface area (Å²) in [6.07, 6.45) is 2.58. The molecule has 2 heterocycles. The molecule has 0 radical (unpaired) electrons. The van der Waals surface area contributed by atoms with E-state index in [1.54, 1.807) is 11.3 Å². The van der Waals surface area contributed by atoms with Crippen LogP contribution in [0.1, 0.15) is 36.9 Å². The minimum absolute atomic E-state index is 0.456. The lowest BCUT2D eigenvalue weighted by Crippen LogP contribution is -2.45. The van der Waals surface area contributed by atoms with Crippen LogP contribution < -0.4 is 5.32 Å². The fraction of sp³-hybridized carbons (Fsp3) is 0.444. The normalized spacial score (nSPS) is 21.3. The lowest BCUT2D eigenvalue weighted by atomic mass is 10.0. The molecule has 112 valence electrons. The van der Waals surface area contributed by atoms with Gasteiger partial charge in [0.2, 0.25) is 0 Å². The van der Waals surface area contributed by atoms with Crippen molar-refractivity contribution >= 4 is 11.3 Å². The summed E-state index contributed by atoms with van der Waals surface area (Å²) in [4.78, 5) is 2.58. The summed E-state index contributed by atoms with van der Waals surface area (Å²) in [6, 6.07) is 14.1. The van der Waals surface area contributed by atoms with Crippen molar-refractivity contribution in [3.8, 4) is 0 Å². The average Bonchev–Trinajstić information content (AvgIpc) is 3.03. The standard InChI is InChI=1S/C18H24N2S/c1-15(17-9-11-21-14-17)19-18-8-5-10-20(13-18)12-16-6-3-2-4-7-16/h2-4,6-7,9,11,14-15,18-19H,5,8,10,12-13H2,1H3. The number of nitrogens with zero attached hydrogens (tertiary/aromatic N) is 1. The minimum Gasteiger partial charge on any atom is -0.306 e. The molecule has 1 aromatic heterocycles. The molecule has 0 aliphatic carbocycles. The van der Waals surface area contributed by atoms with Gasteiger partial charge in [-0.25, -0.2) is 0 Å². The predicted octanol–water partition coefficient (Wildman–Crippen LogP) is 4.06. The van der Waals surface area contributed by atoms with Gasteiger partial charge in [0.15, 0.2) is 0 Å². The molecule has 0 saturated carbocycles. The van der Waals surface area contributed by atoms with Gasteiger partial charge in [-0.15, -0.1) is 0 Å². The summed E-state index contributed by atoms with van der Waals surface area (Å²) in [7, 11) is 0. The van der Waals surface area contributed by atoms with Crippen LogP contribution in [-0.4, -0.2) is 24.0 Å². The first-order valence-corrected chi connectivity index (χ1v) is 8.80. The van der Waals surface area contributed by atoms with Crippen molar-refractivity contribution in [2.45, 2.75) is 38.4 Å². The van der Waals surface area contributed by atoms with Gasteiger partial charge in [-0.05, 0) is 54.3 Å². The summed E-state index contributed by atoms with van der Waals surface area (Å²) in [5.41, 5.74) is 2.84. The van der Waals surface area contributed by atoms with Crippen molar-refractivity contribution in [1.82, 2.24) is 10.2 Å². The fourth-order valence-corrected chi connectivity index (χ4v) is 3.90. The molecule has 0 bridgehead atoms. The van der Waals surface area contributed by atoms with E-state index in [1.165, 1.54) is 30.5 Å². The maximum absolute atomic E-state index is 3.80. The third-order valence-electron chi connectivity index (χ3n) is 4.28. The van der Waals surface area contributed by atoms with Gasteiger partial charge in [-0.2, -0.15) is 11.3 Å². The lowest BCUT2D eigenvalue weighted by Gasteiger charge is -2.34. The zero-order valence-corrected chi connectivity index (χ0v) is 13.5. The van der Waals surface area contributed by atoms with Crippen LogP contribution in [-0.2, 0) is 6.54 Å². The molecule has 2 aromatic rings. The molecule has 3 heteroatoms. The first kappa shape index (κ1) is 14.8. The highest BCUT2D eigenvalue weighted by Gasteiger charge is 2.21. The van der Waals surface area contributed by atoms with Crippen LogP contribution in [0.5, 0.6) is 0 Å². The molecule has 2 nitrogen and oxygen atoms in total. The van der Waals surface area contributed by atoms with E-state index in [0.717, 1.165) is 13.1 Å². The second kappa shape index (κ2) is 7.21. The van der Waals surface area contributed by atoms with Crippen molar-refractivity contribution in [2.24, 2.45) is 0 Å². The number of thiophene rings is 1. The summed E-state index contributed by atoms with van der Waals surface area (Å²) < 4.78 is 0. The molecule has 1 saturated heterocycles. The molecular weight excluding hydrogens is 276 g/mol. The van der Waals surface area contributed by atoms with Crippen molar-refractivity contribution in [3.63, 3.8) is 0 Å². The van der Waals surface area contributed by atoms with Crippen molar-refractivity contribution in [3.05, 3.63) is 58.3 Å². The van der Waals surface area contributed by atoms with E-state index in [0.29, 0.717) is 12.1 Å². The molecule has 1 aromatic carbocycles. The first-order chi connectivity index (χ1) is 10.3. The van der Waals surface area contributed by atoms with Crippen LogP contribution in [0.4, 0.5) is 0 Å². The number of rotatable bonds is 5. The number of likely N-dealkylation sites (tertiary alicyclic amines) is 1. The largest absolute Gasteiger partial charge is 0.306 e. The quantitative estimate of drug-likeness (QED) is 0.895. The number of piperidine rings is 1. The molecule has 2 atom stereocenters. The monoisotopic (exact) mass is 300 g/mol. The van der Waals surface area contributed by atoms with Crippen LogP contribution in [0.25, 0.3) is 0 Å². The molecule has 3 rings (SSSR count). The van der Waals surface area contributed by atoms with Crippen molar-refractivity contribution in [1.29, 1.82) is 0 Å². The highest BCUT2D eigenvalue weighted by molar-refractivity contribution is 7.07. The number of benzene rings is 1. The highest BCUT2D eigenvalue weighted by atomic mass is 32.1. The predicted molar refractivity (Wildman–Crippen MR) is 90.6 cm³/mol. The Morgan fingerprint density at radius 2 is 2.14 bits per heavy atom. The Morgan fingerprint density at radius 1 is 1.29 bits per heavy atom. The van der Waals surface area contributed by atoms with Gasteiger partial charge in [-0.3, -0.25) is 4.90 Å². The van der Waals surface area contributed by atoms with E-state index in [-0.39, 0.29) is 0 Å². The SMILES string of the molecule is CC(NC1CCCN(Cc2ccccc2)C1)c1ccsc1. The Morgan fingerprint density at radius 3 is 2.90 bits per heavy atom. The van der Waals surface area contributed by atoms with Gasteiger partial charge >= 0.3 is 0 Å². The van der Waals surface area contributed by atoms with E-state index < -0.39 is 0 Å². The van der Waals surface area contributed by atoms with Gasteiger partial charge < -0.3 is 5.32 Å². The topological polar surface area (TPSA) is 15.3 Å². The minimum atomic E-state index is 0.456. The summed E-state index contributed by atoms with van der Waals surface area (Å²) in [6.45, 7) is 5.73. The maximum atomic E-state index is 3.80. The second-order valence-corrected chi connectivity index (χ2v) is 6.78. The van der Waals surface area contributed by atoms with Crippen molar-refractivity contribution < 1.29 is 0 Å². The van der Waals surface area contributed by atoms with Gasteiger partial charge in [-0.1, -0.05) is 30.3 Å². The third kappa shape index (κ3) is 4.16. The number of hydrogen-bond donors (Lipinski definition) is 1. The van der Waals surface area contributed by atoms with Gasteiger partial charge in [0, 0.05) is 25.2 Å². The van der Waals surface area contributed by atoms with E-state index >= 15 is 0 Å². The molecule has 1 fully saturated rings. The molecule has 0 spiro atoms. The molecule has 0 amide bonds. The van der Waals surface area contributed by atoms with Crippen LogP contribution in [0, 0.1) is 0 Å². The van der Waals surface area contributed by atoms with Crippen LogP contribution in [0.15, 0.2) is 47.2 Å². The summed E-state index contributed by atoms with van der Waals surface area (Å²) in [5, 5.41) is 8.22. The van der Waals surface area contributed by atoms with E-state index in [2.05, 4.69) is 64.3 Å². The Labute approximate surface area is 131 Å². The number of hydrogen-bond acceptors (Lipinski definition) is 3. The molecular formula is C18H24N2S. The highest BCUT2D eigenvalue weighted by Crippen LogP contribution is 2.20. The molecule has 1 aliphatic heterocycles. The van der Waals surface area contributed by atoms with Crippen LogP contribution in [0.2, 0.25) is 0 Å². The second-order valence-electron chi connectivity index (χ2n) is 6.00.